The fraction of sp³-hybridized carbons (Fsp3) is 0.227. The van der Waals surface area contributed by atoms with Gasteiger partial charge in [-0.3, -0.25) is 23.8 Å². The van der Waals surface area contributed by atoms with Crippen molar-refractivity contribution in [1.29, 1.82) is 0 Å². The number of aromatic nitrogens is 4. The highest BCUT2D eigenvalue weighted by molar-refractivity contribution is 5.79. The van der Waals surface area contributed by atoms with E-state index in [1.807, 2.05) is 48.5 Å². The Kier molecular flexibility index (Phi) is 4.91. The molecule has 2 aromatic carbocycles. The number of hydrogen-bond donors (Lipinski definition) is 3. The monoisotopic (exact) mass is 405 g/mol. The number of amides is 1. The smallest absolute Gasteiger partial charge is 0.328 e. The minimum Gasteiger partial charge on any atom is -0.370 e. The van der Waals surface area contributed by atoms with Crippen LogP contribution in [0.1, 0.15) is 34.7 Å². The molecule has 0 spiro atoms. The van der Waals surface area contributed by atoms with Crippen LogP contribution in [0, 0.1) is 0 Å². The zero-order chi connectivity index (χ0) is 21.4. The predicted octanol–water partition coefficient (Wildman–Crippen LogP) is 1.49. The van der Waals surface area contributed by atoms with Crippen LogP contribution in [0.4, 0.5) is 0 Å². The average Bonchev–Trinajstić information content (AvgIpc) is 3.19. The molecule has 154 valence electrons. The van der Waals surface area contributed by atoms with E-state index in [9.17, 15) is 14.4 Å². The van der Waals surface area contributed by atoms with Crippen molar-refractivity contribution < 1.29 is 4.79 Å². The molecule has 0 aliphatic rings. The maximum absolute atomic E-state index is 12.7. The van der Waals surface area contributed by atoms with Crippen molar-refractivity contribution in [3.8, 4) is 0 Å². The number of benzene rings is 2. The number of nitrogens with one attached hydrogen (secondary N) is 2. The van der Waals surface area contributed by atoms with Crippen molar-refractivity contribution in [1.82, 2.24) is 19.3 Å². The summed E-state index contributed by atoms with van der Waals surface area (Å²) in [6.45, 7) is 0. The maximum atomic E-state index is 12.7. The first-order valence-corrected chi connectivity index (χ1v) is 9.63. The second-order valence-corrected chi connectivity index (χ2v) is 7.51. The van der Waals surface area contributed by atoms with Gasteiger partial charge in [-0.15, -0.1) is 0 Å². The Morgan fingerprint density at radius 2 is 1.70 bits per heavy atom. The van der Waals surface area contributed by atoms with Gasteiger partial charge in [-0.2, -0.15) is 0 Å². The highest BCUT2D eigenvalue weighted by atomic mass is 16.2. The molecule has 0 bridgehead atoms. The number of nitrogens with two attached hydrogens (primary N) is 1. The van der Waals surface area contributed by atoms with Gasteiger partial charge < -0.3 is 10.8 Å². The molecule has 0 radical (unpaired) electrons. The third kappa shape index (κ3) is 3.36. The molecule has 0 aliphatic heterocycles. The van der Waals surface area contributed by atoms with Gasteiger partial charge >= 0.3 is 5.69 Å². The van der Waals surface area contributed by atoms with Crippen molar-refractivity contribution in [2.75, 3.05) is 0 Å². The van der Waals surface area contributed by atoms with Crippen LogP contribution < -0.4 is 17.0 Å². The topological polar surface area (TPSA) is 119 Å². The van der Waals surface area contributed by atoms with Crippen molar-refractivity contribution in [2.24, 2.45) is 19.8 Å². The number of aromatic amines is 2. The molecule has 0 saturated heterocycles. The molecular formula is C22H23N5O3. The lowest BCUT2D eigenvalue weighted by molar-refractivity contribution is -0.118. The summed E-state index contributed by atoms with van der Waals surface area (Å²) in [6.07, 6.45) is 0.491. The van der Waals surface area contributed by atoms with E-state index in [1.54, 1.807) is 23.2 Å². The standard InChI is InChI=1S/C22H23N5O3/c1-26-17-9-8-14(11-18(17)27(2)22(26)30)15(12-19(23)28)20-16(24-25-21(20)29)10-13-6-4-3-5-7-13/h3-9,11,15H,10,12H2,1-2H3,(H2,23,28)(H2,24,25,29). The van der Waals surface area contributed by atoms with Gasteiger partial charge in [0.2, 0.25) is 5.91 Å². The molecule has 2 heterocycles. The molecule has 4 N–H and O–H groups in total. The fourth-order valence-corrected chi connectivity index (χ4v) is 4.04. The van der Waals surface area contributed by atoms with Gasteiger partial charge in [0.15, 0.2) is 0 Å². The Hall–Kier alpha value is -3.81. The summed E-state index contributed by atoms with van der Waals surface area (Å²) in [5, 5.41) is 5.61. The number of nitrogens with zero attached hydrogens (tertiary/aromatic N) is 2. The van der Waals surface area contributed by atoms with E-state index in [1.165, 1.54) is 0 Å². The average molecular weight is 405 g/mol. The first-order valence-electron chi connectivity index (χ1n) is 9.63. The Morgan fingerprint density at radius 3 is 2.40 bits per heavy atom. The molecule has 1 atom stereocenters. The Balaban J connectivity index is 1.85. The number of H-pyrrole nitrogens is 2. The lowest BCUT2D eigenvalue weighted by Crippen LogP contribution is -2.21. The lowest BCUT2D eigenvalue weighted by Gasteiger charge is -2.16. The van der Waals surface area contributed by atoms with Crippen LogP contribution in [-0.2, 0) is 25.3 Å². The van der Waals surface area contributed by atoms with Gasteiger partial charge in [-0.25, -0.2) is 4.79 Å². The van der Waals surface area contributed by atoms with Gasteiger partial charge in [-0.05, 0) is 23.3 Å². The van der Waals surface area contributed by atoms with Gasteiger partial charge in [0.1, 0.15) is 0 Å². The first-order chi connectivity index (χ1) is 14.4. The molecule has 1 unspecified atom stereocenters. The Morgan fingerprint density at radius 1 is 1.00 bits per heavy atom. The number of carbonyl (C=O) groups excluding carboxylic acids is 1. The lowest BCUT2D eigenvalue weighted by atomic mass is 9.87. The predicted molar refractivity (Wildman–Crippen MR) is 114 cm³/mol. The number of rotatable bonds is 6. The van der Waals surface area contributed by atoms with Gasteiger partial charge in [0.05, 0.1) is 11.0 Å². The summed E-state index contributed by atoms with van der Waals surface area (Å²) in [6, 6.07) is 15.3. The quantitative estimate of drug-likeness (QED) is 0.451. The van der Waals surface area contributed by atoms with Crippen LogP contribution in [0.2, 0.25) is 0 Å². The van der Waals surface area contributed by atoms with E-state index in [2.05, 4.69) is 10.2 Å². The molecule has 30 heavy (non-hydrogen) atoms. The van der Waals surface area contributed by atoms with Gasteiger partial charge in [0.25, 0.3) is 5.56 Å². The minimum atomic E-state index is -0.532. The van der Waals surface area contributed by atoms with Crippen LogP contribution in [0.25, 0.3) is 11.0 Å². The fourth-order valence-electron chi connectivity index (χ4n) is 4.04. The maximum Gasteiger partial charge on any atom is 0.328 e. The van der Waals surface area contributed by atoms with E-state index in [0.717, 1.165) is 22.2 Å². The molecule has 4 aromatic rings. The second-order valence-electron chi connectivity index (χ2n) is 7.51. The van der Waals surface area contributed by atoms with Crippen molar-refractivity contribution in [2.45, 2.75) is 18.8 Å². The molecule has 1 amide bonds. The molecule has 0 aliphatic carbocycles. The zero-order valence-electron chi connectivity index (χ0n) is 16.8. The van der Waals surface area contributed by atoms with Crippen molar-refractivity contribution in [3.63, 3.8) is 0 Å². The summed E-state index contributed by atoms with van der Waals surface area (Å²) < 4.78 is 3.11. The summed E-state index contributed by atoms with van der Waals surface area (Å²) in [5.74, 6) is -1.04. The first kappa shape index (κ1) is 19.5. The van der Waals surface area contributed by atoms with Gasteiger partial charge in [-0.1, -0.05) is 36.4 Å². The molecule has 0 fully saturated rings. The molecule has 8 nitrogen and oxygen atoms in total. The third-order valence-corrected chi connectivity index (χ3v) is 5.57. The third-order valence-electron chi connectivity index (χ3n) is 5.57. The van der Waals surface area contributed by atoms with E-state index in [4.69, 9.17) is 5.73 Å². The van der Waals surface area contributed by atoms with Crippen LogP contribution in [-0.4, -0.2) is 25.2 Å². The van der Waals surface area contributed by atoms with Crippen LogP contribution in [0.15, 0.2) is 58.1 Å². The summed E-state index contributed by atoms with van der Waals surface area (Å²) in [7, 11) is 3.40. The summed E-state index contributed by atoms with van der Waals surface area (Å²) in [5.41, 5.74) is 9.60. The molecule has 2 aromatic heterocycles. The highest BCUT2D eigenvalue weighted by Crippen LogP contribution is 2.30. The number of fused-ring (bicyclic) bond motifs is 1. The van der Waals surface area contributed by atoms with E-state index < -0.39 is 11.8 Å². The van der Waals surface area contributed by atoms with Gasteiger partial charge in [0, 0.05) is 44.1 Å². The zero-order valence-corrected chi connectivity index (χ0v) is 16.8. The molecule has 8 heteroatoms. The SMILES string of the molecule is Cn1c(=O)n(C)c2cc(C(CC(N)=O)c3c(Cc4ccccc4)[nH][nH]c3=O)ccc21. The number of hydrogen-bond acceptors (Lipinski definition) is 3. The molecule has 4 rings (SSSR count). The molecule has 0 saturated carbocycles. The Bertz CT molecular complexity index is 1340. The van der Waals surface area contributed by atoms with Crippen LogP contribution in [0.3, 0.4) is 0 Å². The molecular weight excluding hydrogens is 382 g/mol. The van der Waals surface area contributed by atoms with E-state index in [-0.39, 0.29) is 17.7 Å². The Labute approximate surface area is 171 Å². The second kappa shape index (κ2) is 7.55. The summed E-state index contributed by atoms with van der Waals surface area (Å²) >= 11 is 0. The van der Waals surface area contributed by atoms with E-state index in [0.29, 0.717) is 17.7 Å². The largest absolute Gasteiger partial charge is 0.370 e. The number of carbonyl (C=O) groups is 1. The number of aryl methyl sites for hydroxylation is 2. The number of imidazole rings is 1. The number of primary amides is 1. The van der Waals surface area contributed by atoms with Crippen molar-refractivity contribution >= 4 is 16.9 Å². The van der Waals surface area contributed by atoms with Crippen LogP contribution >= 0.6 is 0 Å². The van der Waals surface area contributed by atoms with E-state index >= 15 is 0 Å². The van der Waals surface area contributed by atoms with Crippen LogP contribution in [0.5, 0.6) is 0 Å². The summed E-state index contributed by atoms with van der Waals surface area (Å²) in [4.78, 5) is 36.9. The minimum absolute atomic E-state index is 0.0188. The normalized spacial score (nSPS) is 12.3. The highest BCUT2D eigenvalue weighted by Gasteiger charge is 2.25. The van der Waals surface area contributed by atoms with Crippen molar-refractivity contribution in [3.05, 3.63) is 91.8 Å².